The zero-order valence-electron chi connectivity index (χ0n) is 18.9. The summed E-state index contributed by atoms with van der Waals surface area (Å²) in [6.45, 7) is 7.96. The van der Waals surface area contributed by atoms with Crippen LogP contribution in [-0.2, 0) is 23.9 Å². The molecular weight excluding hydrogens is 418 g/mol. The SMILES string of the molecule is COC(=O)C1C(C)=NC(C)=C(C(=O)NCC(=O)OC(C)(C)C)[C@H]1c1cccc([N+](=O)[O-])c1. The summed E-state index contributed by atoms with van der Waals surface area (Å²) in [4.78, 5) is 52.8. The Morgan fingerprint density at radius 3 is 2.44 bits per heavy atom. The van der Waals surface area contributed by atoms with E-state index in [1.807, 2.05) is 0 Å². The highest BCUT2D eigenvalue weighted by Crippen LogP contribution is 2.40. The quantitative estimate of drug-likeness (QED) is 0.404. The number of amides is 1. The van der Waals surface area contributed by atoms with E-state index < -0.39 is 40.2 Å². The second-order valence-electron chi connectivity index (χ2n) is 8.35. The lowest BCUT2D eigenvalue weighted by atomic mass is 9.75. The molecule has 1 aliphatic rings. The van der Waals surface area contributed by atoms with Crippen molar-refractivity contribution in [1.82, 2.24) is 5.32 Å². The van der Waals surface area contributed by atoms with Crippen LogP contribution in [0.2, 0.25) is 0 Å². The number of hydrogen-bond acceptors (Lipinski definition) is 8. The van der Waals surface area contributed by atoms with Crippen LogP contribution in [0.4, 0.5) is 5.69 Å². The minimum absolute atomic E-state index is 0.120. The van der Waals surface area contributed by atoms with Crippen LogP contribution in [0.3, 0.4) is 0 Å². The van der Waals surface area contributed by atoms with Gasteiger partial charge in [0.1, 0.15) is 18.1 Å². The monoisotopic (exact) mass is 445 g/mol. The fraction of sp³-hybridized carbons (Fsp3) is 0.455. The number of nitrogens with zero attached hydrogens (tertiary/aromatic N) is 2. The van der Waals surface area contributed by atoms with Gasteiger partial charge in [-0.25, -0.2) is 0 Å². The molecule has 32 heavy (non-hydrogen) atoms. The Bertz CT molecular complexity index is 1010. The van der Waals surface area contributed by atoms with E-state index in [2.05, 4.69) is 10.3 Å². The van der Waals surface area contributed by atoms with Crippen LogP contribution in [0.1, 0.15) is 46.1 Å². The molecule has 172 valence electrons. The molecule has 1 amide bonds. The third-order valence-electron chi connectivity index (χ3n) is 4.78. The lowest BCUT2D eigenvalue weighted by molar-refractivity contribution is -0.384. The Balaban J connectivity index is 2.48. The maximum Gasteiger partial charge on any atom is 0.325 e. The second-order valence-corrected chi connectivity index (χ2v) is 8.35. The largest absolute Gasteiger partial charge is 0.468 e. The number of benzene rings is 1. The Hall–Kier alpha value is -3.56. The number of aliphatic imine (C=N–C) groups is 1. The van der Waals surface area contributed by atoms with E-state index in [9.17, 15) is 24.5 Å². The van der Waals surface area contributed by atoms with Crippen molar-refractivity contribution in [2.45, 2.75) is 46.1 Å². The van der Waals surface area contributed by atoms with Crippen molar-refractivity contribution in [3.8, 4) is 0 Å². The van der Waals surface area contributed by atoms with Gasteiger partial charge in [-0.05, 0) is 40.2 Å². The number of esters is 2. The summed E-state index contributed by atoms with van der Waals surface area (Å²) in [6.07, 6.45) is 0. The van der Waals surface area contributed by atoms with Crippen LogP contribution < -0.4 is 5.32 Å². The van der Waals surface area contributed by atoms with Crippen molar-refractivity contribution in [1.29, 1.82) is 0 Å². The van der Waals surface area contributed by atoms with E-state index in [1.165, 1.54) is 25.3 Å². The zero-order chi connectivity index (χ0) is 24.2. The number of carbonyl (C=O) groups is 3. The van der Waals surface area contributed by atoms with Crippen molar-refractivity contribution in [3.63, 3.8) is 0 Å². The number of nitrogens with one attached hydrogen (secondary N) is 1. The Morgan fingerprint density at radius 1 is 1.22 bits per heavy atom. The number of nitro groups is 1. The van der Waals surface area contributed by atoms with E-state index in [4.69, 9.17) is 9.47 Å². The zero-order valence-corrected chi connectivity index (χ0v) is 18.9. The van der Waals surface area contributed by atoms with Gasteiger partial charge in [0.2, 0.25) is 5.91 Å². The first-order valence-electron chi connectivity index (χ1n) is 9.94. The highest BCUT2D eigenvalue weighted by atomic mass is 16.6. The van der Waals surface area contributed by atoms with Crippen molar-refractivity contribution >= 4 is 29.2 Å². The van der Waals surface area contributed by atoms with Crippen molar-refractivity contribution < 1.29 is 28.8 Å². The molecule has 1 aromatic carbocycles. The topological polar surface area (TPSA) is 137 Å². The van der Waals surface area contributed by atoms with Gasteiger partial charge in [-0.1, -0.05) is 12.1 Å². The molecule has 1 aliphatic heterocycles. The molecule has 1 aromatic rings. The lowest BCUT2D eigenvalue weighted by Crippen LogP contribution is -2.41. The maximum absolute atomic E-state index is 13.1. The number of nitro benzene ring substituents is 1. The molecule has 0 aromatic heterocycles. The van der Waals surface area contributed by atoms with Crippen LogP contribution in [0.15, 0.2) is 40.5 Å². The van der Waals surface area contributed by atoms with E-state index in [-0.39, 0.29) is 17.8 Å². The van der Waals surface area contributed by atoms with E-state index in [1.54, 1.807) is 40.7 Å². The van der Waals surface area contributed by atoms with E-state index in [0.717, 1.165) is 0 Å². The summed E-state index contributed by atoms with van der Waals surface area (Å²) in [5.41, 5.74) is 0.346. The summed E-state index contributed by atoms with van der Waals surface area (Å²) < 4.78 is 10.1. The van der Waals surface area contributed by atoms with Gasteiger partial charge in [-0.3, -0.25) is 29.5 Å². The number of allylic oxidation sites excluding steroid dienone is 1. The smallest absolute Gasteiger partial charge is 0.325 e. The Morgan fingerprint density at radius 2 is 1.88 bits per heavy atom. The molecule has 10 nitrogen and oxygen atoms in total. The van der Waals surface area contributed by atoms with Gasteiger partial charge in [0, 0.05) is 35.0 Å². The van der Waals surface area contributed by atoms with Crippen molar-refractivity contribution in [2.24, 2.45) is 10.9 Å². The molecule has 0 radical (unpaired) electrons. The maximum atomic E-state index is 13.1. The standard InChI is InChI=1S/C22H27N3O7/c1-12-17(20(27)23-11-16(26)32-22(3,4)5)19(18(13(2)24-12)21(28)31-6)14-8-7-9-15(10-14)25(29)30/h7-10,18-19H,11H2,1-6H3,(H,23,27)/t18?,19-/m1/s1. The molecule has 2 atom stereocenters. The number of methoxy groups -OCH3 is 1. The number of carbonyl (C=O) groups excluding carboxylic acids is 3. The van der Waals surface area contributed by atoms with Gasteiger partial charge < -0.3 is 14.8 Å². The molecule has 1 heterocycles. The molecule has 0 fully saturated rings. The molecule has 0 bridgehead atoms. The number of non-ortho nitro benzene ring substituents is 1. The molecule has 0 saturated heterocycles. The third-order valence-corrected chi connectivity index (χ3v) is 4.78. The summed E-state index contributed by atoms with van der Waals surface area (Å²) in [5, 5.41) is 13.8. The minimum Gasteiger partial charge on any atom is -0.468 e. The first-order chi connectivity index (χ1) is 14.9. The Labute approximate surface area is 185 Å². The average molecular weight is 445 g/mol. The Kier molecular flexibility index (Phi) is 7.50. The highest BCUT2D eigenvalue weighted by Gasteiger charge is 2.42. The van der Waals surface area contributed by atoms with Crippen LogP contribution >= 0.6 is 0 Å². The third kappa shape index (κ3) is 5.77. The molecule has 0 spiro atoms. The van der Waals surface area contributed by atoms with Gasteiger partial charge in [0.05, 0.1) is 12.0 Å². The van der Waals surface area contributed by atoms with Gasteiger partial charge in [0.25, 0.3) is 5.69 Å². The van der Waals surface area contributed by atoms with Crippen LogP contribution in [0.5, 0.6) is 0 Å². The molecule has 0 aliphatic carbocycles. The summed E-state index contributed by atoms with van der Waals surface area (Å²) in [7, 11) is 1.22. The van der Waals surface area contributed by atoms with Gasteiger partial charge >= 0.3 is 11.9 Å². The number of hydrogen-bond donors (Lipinski definition) is 1. The van der Waals surface area contributed by atoms with E-state index >= 15 is 0 Å². The average Bonchev–Trinajstić information content (AvgIpc) is 2.69. The predicted molar refractivity (Wildman–Crippen MR) is 116 cm³/mol. The van der Waals surface area contributed by atoms with Crippen LogP contribution in [-0.4, -0.2) is 47.7 Å². The minimum atomic E-state index is -0.965. The van der Waals surface area contributed by atoms with Gasteiger partial charge in [-0.2, -0.15) is 0 Å². The summed E-state index contributed by atoms with van der Waals surface area (Å²) >= 11 is 0. The fourth-order valence-electron chi connectivity index (χ4n) is 3.58. The lowest BCUT2D eigenvalue weighted by Gasteiger charge is -2.31. The van der Waals surface area contributed by atoms with Gasteiger partial charge in [-0.15, -0.1) is 0 Å². The van der Waals surface area contributed by atoms with Gasteiger partial charge in [0.15, 0.2) is 0 Å². The molecule has 2 rings (SSSR count). The fourth-order valence-corrected chi connectivity index (χ4v) is 3.58. The van der Waals surface area contributed by atoms with Crippen molar-refractivity contribution in [2.75, 3.05) is 13.7 Å². The second kappa shape index (κ2) is 9.71. The number of ether oxygens (including phenoxy) is 2. The van der Waals surface area contributed by atoms with E-state index in [0.29, 0.717) is 17.0 Å². The first-order valence-corrected chi connectivity index (χ1v) is 9.94. The first kappa shape index (κ1) is 24.7. The molecule has 10 heteroatoms. The molecule has 0 saturated carbocycles. The van der Waals surface area contributed by atoms with Crippen LogP contribution in [0, 0.1) is 16.0 Å². The predicted octanol–water partition coefficient (Wildman–Crippen LogP) is 2.67. The molecular formula is C22H27N3O7. The van der Waals surface area contributed by atoms with Crippen molar-refractivity contribution in [3.05, 3.63) is 51.2 Å². The molecule has 1 N–H and O–H groups in total. The number of rotatable bonds is 6. The highest BCUT2D eigenvalue weighted by molar-refractivity contribution is 6.08. The normalized spacial score (nSPS) is 18.5. The van der Waals surface area contributed by atoms with Crippen LogP contribution in [0.25, 0.3) is 0 Å². The molecule has 1 unspecified atom stereocenters. The summed E-state index contributed by atoms with van der Waals surface area (Å²) in [5.74, 6) is -3.75. The summed E-state index contributed by atoms with van der Waals surface area (Å²) in [6, 6.07) is 5.71.